The highest BCUT2D eigenvalue weighted by Gasteiger charge is 2.12. The fourth-order valence-electron chi connectivity index (χ4n) is 2.93. The van der Waals surface area contributed by atoms with Crippen molar-refractivity contribution >= 4 is 45.1 Å². The molecular weight excluding hydrogens is 424 g/mol. The summed E-state index contributed by atoms with van der Waals surface area (Å²) in [6.45, 7) is 4.32. The third kappa shape index (κ3) is 4.58. The van der Waals surface area contributed by atoms with Gasteiger partial charge in [0.05, 0.1) is 31.5 Å². The van der Waals surface area contributed by atoms with Gasteiger partial charge >= 0.3 is 0 Å². The van der Waals surface area contributed by atoms with Crippen LogP contribution < -0.4 is 19.0 Å². The van der Waals surface area contributed by atoms with Gasteiger partial charge in [-0.25, -0.2) is 0 Å². The molecule has 3 aromatic rings. The van der Waals surface area contributed by atoms with Crippen molar-refractivity contribution in [1.82, 2.24) is 4.57 Å². The molecule has 0 unspecified atom stereocenters. The van der Waals surface area contributed by atoms with Gasteiger partial charge in [-0.1, -0.05) is 29.0 Å². The summed E-state index contributed by atoms with van der Waals surface area (Å²) in [6, 6.07) is 9.09. The molecule has 1 aromatic heterocycles. The lowest BCUT2D eigenvalue weighted by Gasteiger charge is -2.12. The average molecular weight is 445 g/mol. The first-order chi connectivity index (χ1) is 14.5. The summed E-state index contributed by atoms with van der Waals surface area (Å²) < 4.78 is 18.9. The zero-order chi connectivity index (χ0) is 21.7. The Kier molecular flexibility index (Phi) is 6.97. The molecule has 0 fully saturated rings. The third-order valence-electron chi connectivity index (χ3n) is 4.27. The minimum atomic E-state index is -0.390. The zero-order valence-corrected chi connectivity index (χ0v) is 18.4. The number of benzene rings is 2. The number of hydrogen-bond donors (Lipinski definition) is 0. The molecular formula is C22H21ClN2O4S. The molecule has 0 aliphatic rings. The molecule has 0 bridgehead atoms. The second kappa shape index (κ2) is 9.65. The van der Waals surface area contributed by atoms with E-state index in [1.807, 2.05) is 22.8 Å². The Balaban J connectivity index is 1.97. The van der Waals surface area contributed by atoms with Gasteiger partial charge in [0.1, 0.15) is 0 Å². The normalized spacial score (nSPS) is 11.8. The second-order valence-electron chi connectivity index (χ2n) is 6.14. The van der Waals surface area contributed by atoms with E-state index < -0.39 is 0 Å². The summed E-state index contributed by atoms with van der Waals surface area (Å²) in [5.41, 5.74) is 1.67. The summed E-state index contributed by atoms with van der Waals surface area (Å²) in [7, 11) is 4.61. The molecule has 1 heterocycles. The number of halogens is 1. The quantitative estimate of drug-likeness (QED) is 0.391. The van der Waals surface area contributed by atoms with E-state index in [0.29, 0.717) is 33.6 Å². The smallest absolute Gasteiger partial charge is 0.272 e. The molecule has 3 rings (SSSR count). The Morgan fingerprint density at radius 2 is 1.87 bits per heavy atom. The molecule has 0 radical (unpaired) electrons. The number of carbonyl (C=O) groups excluding carboxylic acids is 1. The van der Waals surface area contributed by atoms with Crippen LogP contribution in [0.5, 0.6) is 17.2 Å². The summed E-state index contributed by atoms with van der Waals surface area (Å²) in [5, 5.41) is 0.634. The van der Waals surface area contributed by atoms with E-state index in [9.17, 15) is 4.79 Å². The van der Waals surface area contributed by atoms with Crippen molar-refractivity contribution in [3.8, 4) is 17.2 Å². The summed E-state index contributed by atoms with van der Waals surface area (Å²) in [6.07, 6.45) is 4.81. The highest BCUT2D eigenvalue weighted by molar-refractivity contribution is 7.16. The van der Waals surface area contributed by atoms with Crippen LogP contribution >= 0.6 is 22.9 Å². The molecule has 30 heavy (non-hydrogen) atoms. The van der Waals surface area contributed by atoms with E-state index in [0.717, 1.165) is 15.8 Å². The maximum Gasteiger partial charge on any atom is 0.272 e. The minimum Gasteiger partial charge on any atom is -0.493 e. The highest BCUT2D eigenvalue weighted by Crippen LogP contribution is 2.38. The minimum absolute atomic E-state index is 0.390. The van der Waals surface area contributed by atoms with Gasteiger partial charge in [-0.15, -0.1) is 6.58 Å². The first-order valence-corrected chi connectivity index (χ1v) is 10.2. The van der Waals surface area contributed by atoms with Crippen LogP contribution in [0.2, 0.25) is 5.02 Å². The van der Waals surface area contributed by atoms with E-state index >= 15 is 0 Å². The number of hydrogen-bond acceptors (Lipinski definition) is 5. The molecule has 8 heteroatoms. The Bertz CT molecular complexity index is 1170. The first kappa shape index (κ1) is 21.7. The van der Waals surface area contributed by atoms with E-state index in [1.165, 1.54) is 38.7 Å². The van der Waals surface area contributed by atoms with Gasteiger partial charge < -0.3 is 18.8 Å². The van der Waals surface area contributed by atoms with Gasteiger partial charge in [0.15, 0.2) is 16.3 Å². The molecule has 0 aliphatic carbocycles. The predicted octanol–water partition coefficient (Wildman–Crippen LogP) is 4.71. The lowest BCUT2D eigenvalue weighted by Crippen LogP contribution is -2.15. The number of carbonyl (C=O) groups is 1. The van der Waals surface area contributed by atoms with Crippen LogP contribution in [-0.2, 0) is 11.3 Å². The second-order valence-corrected chi connectivity index (χ2v) is 7.58. The number of methoxy groups -OCH3 is 3. The van der Waals surface area contributed by atoms with Crippen LogP contribution in [0.4, 0.5) is 0 Å². The molecule has 0 saturated heterocycles. The van der Waals surface area contributed by atoms with E-state index in [1.54, 1.807) is 24.3 Å². The summed E-state index contributed by atoms with van der Waals surface area (Å²) in [4.78, 5) is 17.4. The Morgan fingerprint density at radius 1 is 1.17 bits per heavy atom. The number of nitrogens with zero attached hydrogens (tertiary/aromatic N) is 2. The van der Waals surface area contributed by atoms with Crippen molar-refractivity contribution in [2.45, 2.75) is 6.54 Å². The van der Waals surface area contributed by atoms with E-state index in [-0.39, 0.29) is 5.91 Å². The number of allylic oxidation sites excluding steroid dienone is 1. The van der Waals surface area contributed by atoms with Crippen molar-refractivity contribution in [2.75, 3.05) is 21.3 Å². The van der Waals surface area contributed by atoms with Crippen molar-refractivity contribution < 1.29 is 19.0 Å². The molecule has 6 nitrogen and oxygen atoms in total. The molecule has 0 aliphatic heterocycles. The van der Waals surface area contributed by atoms with Gasteiger partial charge in [-0.2, -0.15) is 4.99 Å². The summed E-state index contributed by atoms with van der Waals surface area (Å²) >= 11 is 7.49. The van der Waals surface area contributed by atoms with Crippen LogP contribution in [0.25, 0.3) is 16.3 Å². The molecule has 0 atom stereocenters. The van der Waals surface area contributed by atoms with Gasteiger partial charge in [0.25, 0.3) is 5.91 Å². The lowest BCUT2D eigenvalue weighted by molar-refractivity contribution is -0.113. The van der Waals surface area contributed by atoms with Crippen LogP contribution in [0.3, 0.4) is 0 Å². The number of aromatic nitrogens is 1. The number of ether oxygens (including phenoxy) is 3. The van der Waals surface area contributed by atoms with Crippen LogP contribution in [-0.4, -0.2) is 31.8 Å². The highest BCUT2D eigenvalue weighted by atomic mass is 35.5. The molecule has 0 saturated carbocycles. The third-order valence-corrected chi connectivity index (χ3v) is 5.54. The fraction of sp³-hybridized carbons (Fsp3) is 0.182. The maximum absolute atomic E-state index is 12.5. The summed E-state index contributed by atoms with van der Waals surface area (Å²) in [5.74, 6) is 1.11. The Labute approximate surface area is 183 Å². The first-order valence-electron chi connectivity index (χ1n) is 8.97. The Hall–Kier alpha value is -3.03. The molecule has 0 spiro atoms. The van der Waals surface area contributed by atoms with Gasteiger partial charge in [0, 0.05) is 17.6 Å². The number of fused-ring (bicyclic) bond motifs is 1. The monoisotopic (exact) mass is 444 g/mol. The van der Waals surface area contributed by atoms with Crippen molar-refractivity contribution in [3.05, 3.63) is 64.5 Å². The molecule has 1 amide bonds. The lowest BCUT2D eigenvalue weighted by atomic mass is 10.1. The van der Waals surface area contributed by atoms with Crippen LogP contribution in [0, 0.1) is 0 Å². The van der Waals surface area contributed by atoms with Gasteiger partial charge in [0.2, 0.25) is 5.75 Å². The van der Waals surface area contributed by atoms with Crippen LogP contribution in [0.15, 0.2) is 54.1 Å². The SMILES string of the molecule is C=CCn1c(=NC(=O)/C=C\c2cc(OC)c(OC)c(OC)c2)sc2cc(Cl)ccc21. The standard InChI is InChI=1S/C22H21ClN2O4S/c1-5-10-25-16-8-7-15(23)13-19(16)30-22(25)24-20(26)9-6-14-11-17(27-2)21(29-4)18(12-14)28-3/h5-9,11-13H,1,10H2,2-4H3/b9-6-,24-22?. The van der Waals surface area contributed by atoms with Crippen molar-refractivity contribution in [2.24, 2.45) is 4.99 Å². The number of amides is 1. The average Bonchev–Trinajstić information content (AvgIpc) is 3.07. The molecule has 156 valence electrons. The van der Waals surface area contributed by atoms with Gasteiger partial charge in [-0.3, -0.25) is 4.79 Å². The van der Waals surface area contributed by atoms with Gasteiger partial charge in [-0.05, 0) is 42.0 Å². The molecule has 2 aromatic carbocycles. The molecule has 0 N–H and O–H groups in total. The van der Waals surface area contributed by atoms with Crippen molar-refractivity contribution in [3.63, 3.8) is 0 Å². The van der Waals surface area contributed by atoms with Crippen molar-refractivity contribution in [1.29, 1.82) is 0 Å². The predicted molar refractivity (Wildman–Crippen MR) is 121 cm³/mol. The number of rotatable bonds is 7. The van der Waals surface area contributed by atoms with E-state index in [4.69, 9.17) is 25.8 Å². The van der Waals surface area contributed by atoms with E-state index in [2.05, 4.69) is 11.6 Å². The zero-order valence-electron chi connectivity index (χ0n) is 16.8. The fourth-order valence-corrected chi connectivity index (χ4v) is 4.26. The van der Waals surface area contributed by atoms with Crippen LogP contribution in [0.1, 0.15) is 5.56 Å². The number of thiazole rings is 1. The largest absolute Gasteiger partial charge is 0.493 e. The Morgan fingerprint density at radius 3 is 2.47 bits per heavy atom. The topological polar surface area (TPSA) is 62.1 Å². The maximum atomic E-state index is 12.5.